The van der Waals surface area contributed by atoms with Crippen LogP contribution in [0.25, 0.3) is 0 Å². The molecule has 0 N–H and O–H groups in total. The second-order valence-electron chi connectivity index (χ2n) is 5.87. The summed E-state index contributed by atoms with van der Waals surface area (Å²) in [5.74, 6) is 1.71. The van der Waals surface area contributed by atoms with Gasteiger partial charge in [-0.2, -0.15) is 10.5 Å². The van der Waals surface area contributed by atoms with Crippen molar-refractivity contribution in [3.63, 3.8) is 0 Å². The Kier molecular flexibility index (Phi) is 7.68. The average Bonchev–Trinajstić information content (AvgIpc) is 2.69. The van der Waals surface area contributed by atoms with Gasteiger partial charge in [-0.15, -0.1) is 0 Å². The molecule has 6 nitrogen and oxygen atoms in total. The Labute approximate surface area is 159 Å². The summed E-state index contributed by atoms with van der Waals surface area (Å²) in [7, 11) is 0. The first kappa shape index (κ1) is 19.8. The summed E-state index contributed by atoms with van der Waals surface area (Å²) in [6.07, 6.45) is 0.449. The minimum absolute atomic E-state index is 0.144. The van der Waals surface area contributed by atoms with Gasteiger partial charge in [0, 0.05) is 13.1 Å². The summed E-state index contributed by atoms with van der Waals surface area (Å²) < 4.78 is 11.3. The van der Waals surface area contributed by atoms with E-state index in [1.165, 1.54) is 4.90 Å². The van der Waals surface area contributed by atoms with E-state index in [4.69, 9.17) is 20.0 Å². The molecule has 1 amide bonds. The van der Waals surface area contributed by atoms with Crippen LogP contribution in [0.4, 0.5) is 0 Å². The van der Waals surface area contributed by atoms with Crippen LogP contribution in [0.1, 0.15) is 18.4 Å². The van der Waals surface area contributed by atoms with E-state index in [0.29, 0.717) is 24.6 Å². The van der Waals surface area contributed by atoms with Crippen LogP contribution in [0.2, 0.25) is 0 Å². The molecule has 6 heteroatoms. The molecular weight excluding hydrogens is 342 g/mol. The largest absolute Gasteiger partial charge is 0.484 e. The highest BCUT2D eigenvalue weighted by Crippen LogP contribution is 2.24. The third-order valence-corrected chi connectivity index (χ3v) is 3.78. The van der Waals surface area contributed by atoms with Crippen LogP contribution in [0.5, 0.6) is 17.2 Å². The topological polar surface area (TPSA) is 86.3 Å². The van der Waals surface area contributed by atoms with Gasteiger partial charge in [-0.3, -0.25) is 4.79 Å². The summed E-state index contributed by atoms with van der Waals surface area (Å²) >= 11 is 0. The van der Waals surface area contributed by atoms with E-state index in [1.807, 2.05) is 43.3 Å². The van der Waals surface area contributed by atoms with E-state index in [9.17, 15) is 4.79 Å². The zero-order valence-corrected chi connectivity index (χ0v) is 15.2. The van der Waals surface area contributed by atoms with Crippen molar-refractivity contribution < 1.29 is 14.3 Å². The maximum Gasteiger partial charge on any atom is 0.260 e. The summed E-state index contributed by atoms with van der Waals surface area (Å²) in [6.45, 7) is 2.46. The van der Waals surface area contributed by atoms with Gasteiger partial charge in [0.05, 0.1) is 25.0 Å². The fourth-order valence-corrected chi connectivity index (χ4v) is 2.31. The molecule has 0 unspecified atom stereocenters. The lowest BCUT2D eigenvalue weighted by molar-refractivity contribution is -0.133. The zero-order chi connectivity index (χ0) is 19.5. The van der Waals surface area contributed by atoms with Gasteiger partial charge in [0.1, 0.15) is 17.2 Å². The molecule has 0 radical (unpaired) electrons. The van der Waals surface area contributed by atoms with Crippen LogP contribution in [-0.4, -0.2) is 30.5 Å². The summed E-state index contributed by atoms with van der Waals surface area (Å²) in [4.78, 5) is 13.7. The third kappa shape index (κ3) is 6.72. The number of benzene rings is 2. The predicted molar refractivity (Wildman–Crippen MR) is 100 cm³/mol. The van der Waals surface area contributed by atoms with Gasteiger partial charge in [0.2, 0.25) is 0 Å². The molecule has 0 aromatic heterocycles. The monoisotopic (exact) mass is 363 g/mol. The number of carbonyl (C=O) groups excluding carboxylic acids is 1. The molecule has 2 rings (SSSR count). The molecule has 0 atom stereocenters. The zero-order valence-electron chi connectivity index (χ0n) is 15.2. The van der Waals surface area contributed by atoms with Crippen molar-refractivity contribution in [1.29, 1.82) is 10.5 Å². The highest BCUT2D eigenvalue weighted by atomic mass is 16.5. The molecule has 0 aliphatic carbocycles. The van der Waals surface area contributed by atoms with Crippen LogP contribution in [-0.2, 0) is 4.79 Å². The molecule has 0 saturated carbocycles. The van der Waals surface area contributed by atoms with Crippen molar-refractivity contribution in [1.82, 2.24) is 4.90 Å². The number of carbonyl (C=O) groups is 1. The van der Waals surface area contributed by atoms with E-state index < -0.39 is 0 Å². The summed E-state index contributed by atoms with van der Waals surface area (Å²) in [5.41, 5.74) is 1.16. The van der Waals surface area contributed by atoms with Crippen LogP contribution >= 0.6 is 0 Å². The number of nitrogens with zero attached hydrogens (tertiary/aromatic N) is 3. The van der Waals surface area contributed by atoms with Gasteiger partial charge in [-0.1, -0.05) is 17.7 Å². The number of rotatable bonds is 9. The van der Waals surface area contributed by atoms with Crippen molar-refractivity contribution in [2.24, 2.45) is 0 Å². The van der Waals surface area contributed by atoms with Crippen LogP contribution < -0.4 is 9.47 Å². The second kappa shape index (κ2) is 10.5. The van der Waals surface area contributed by atoms with Gasteiger partial charge < -0.3 is 14.4 Å². The normalized spacial score (nSPS) is 9.74. The fraction of sp³-hybridized carbons (Fsp3) is 0.286. The second-order valence-corrected chi connectivity index (χ2v) is 5.87. The Balaban J connectivity index is 1.87. The first-order valence-electron chi connectivity index (χ1n) is 8.61. The van der Waals surface area contributed by atoms with Crippen molar-refractivity contribution in [3.8, 4) is 29.4 Å². The van der Waals surface area contributed by atoms with Crippen LogP contribution in [0.15, 0.2) is 48.5 Å². The highest BCUT2D eigenvalue weighted by Gasteiger charge is 2.13. The molecule has 2 aromatic rings. The number of hydrogen-bond acceptors (Lipinski definition) is 5. The molecular formula is C21H21N3O3. The number of amides is 1. The molecule has 0 fully saturated rings. The fourth-order valence-electron chi connectivity index (χ4n) is 2.31. The van der Waals surface area contributed by atoms with Crippen molar-refractivity contribution in [3.05, 3.63) is 54.1 Å². The molecule has 27 heavy (non-hydrogen) atoms. The molecule has 0 aliphatic heterocycles. The van der Waals surface area contributed by atoms with Gasteiger partial charge in [-0.05, 0) is 43.3 Å². The summed E-state index contributed by atoms with van der Waals surface area (Å²) in [6, 6.07) is 18.7. The van der Waals surface area contributed by atoms with E-state index in [2.05, 4.69) is 0 Å². The standard InChI is InChI=1S/C21H21N3O3/c1-17-4-6-19(7-5-17)27-20-10-8-18(9-11-20)26-16-21(25)24(14-2-12-22)15-3-13-23/h4-11H,2-3,14-16H2,1H3. The molecule has 0 saturated heterocycles. The molecule has 0 heterocycles. The molecule has 138 valence electrons. The molecule has 0 aliphatic rings. The Hall–Kier alpha value is -3.51. The van der Waals surface area contributed by atoms with Gasteiger partial charge in [-0.25, -0.2) is 0 Å². The number of aryl methyl sites for hydroxylation is 1. The quantitative estimate of drug-likeness (QED) is 0.676. The van der Waals surface area contributed by atoms with E-state index in [1.54, 1.807) is 24.3 Å². The average molecular weight is 363 g/mol. The van der Waals surface area contributed by atoms with Crippen molar-refractivity contribution >= 4 is 5.91 Å². The first-order valence-corrected chi connectivity index (χ1v) is 8.61. The van der Waals surface area contributed by atoms with Crippen LogP contribution in [0.3, 0.4) is 0 Å². The van der Waals surface area contributed by atoms with E-state index >= 15 is 0 Å². The molecule has 2 aromatic carbocycles. The summed E-state index contributed by atoms with van der Waals surface area (Å²) in [5, 5.41) is 17.4. The molecule has 0 bridgehead atoms. The van der Waals surface area contributed by atoms with Crippen molar-refractivity contribution in [2.45, 2.75) is 19.8 Å². The van der Waals surface area contributed by atoms with Gasteiger partial charge in [0.25, 0.3) is 5.91 Å². The minimum atomic E-state index is -0.250. The lowest BCUT2D eigenvalue weighted by Gasteiger charge is -2.20. The van der Waals surface area contributed by atoms with Crippen LogP contribution in [0, 0.1) is 29.6 Å². The van der Waals surface area contributed by atoms with E-state index in [0.717, 1.165) is 11.3 Å². The number of nitriles is 2. The Morgan fingerprint density at radius 2 is 1.37 bits per heavy atom. The third-order valence-electron chi connectivity index (χ3n) is 3.78. The lowest BCUT2D eigenvalue weighted by atomic mass is 10.2. The predicted octanol–water partition coefficient (Wildman–Crippen LogP) is 3.82. The lowest BCUT2D eigenvalue weighted by Crippen LogP contribution is -2.36. The number of ether oxygens (including phenoxy) is 2. The maximum atomic E-state index is 12.2. The van der Waals surface area contributed by atoms with Crippen molar-refractivity contribution in [2.75, 3.05) is 19.7 Å². The Bertz CT molecular complexity index is 800. The maximum absolute atomic E-state index is 12.2. The van der Waals surface area contributed by atoms with Gasteiger partial charge in [0.15, 0.2) is 6.61 Å². The Morgan fingerprint density at radius 1 is 0.889 bits per heavy atom. The smallest absolute Gasteiger partial charge is 0.260 e. The highest BCUT2D eigenvalue weighted by molar-refractivity contribution is 5.77. The van der Waals surface area contributed by atoms with E-state index in [-0.39, 0.29) is 25.4 Å². The number of hydrogen-bond donors (Lipinski definition) is 0. The molecule has 0 spiro atoms. The SMILES string of the molecule is Cc1ccc(Oc2ccc(OCC(=O)N(CCC#N)CCC#N)cc2)cc1. The van der Waals surface area contributed by atoms with Gasteiger partial charge >= 0.3 is 0 Å². The minimum Gasteiger partial charge on any atom is -0.484 e. The first-order chi connectivity index (χ1) is 13.1. The Morgan fingerprint density at radius 3 is 1.89 bits per heavy atom.